The number of hydrogen-bond acceptors (Lipinski definition) is 5. The predicted molar refractivity (Wildman–Crippen MR) is 92.1 cm³/mol. The summed E-state index contributed by atoms with van der Waals surface area (Å²) >= 11 is 0. The molecular formula is C18H23N3O4. The van der Waals surface area contributed by atoms with Crippen LogP contribution in [-0.2, 0) is 4.79 Å². The third-order valence-corrected chi connectivity index (χ3v) is 5.46. The molecule has 3 heterocycles. The SMILES string of the molecule is COc1cc(OC)cc(N2CCC(N3C(=O)[C@H]4CCCN4C3=O)C2)c1. The maximum Gasteiger partial charge on any atom is 0.327 e. The Bertz CT molecular complexity index is 663. The average molecular weight is 345 g/mol. The predicted octanol–water partition coefficient (Wildman–Crippen LogP) is 1.71. The van der Waals surface area contributed by atoms with Crippen molar-refractivity contribution in [1.29, 1.82) is 0 Å². The minimum Gasteiger partial charge on any atom is -0.497 e. The summed E-state index contributed by atoms with van der Waals surface area (Å²) in [6.45, 7) is 2.15. The fourth-order valence-corrected chi connectivity index (χ4v) is 4.14. The van der Waals surface area contributed by atoms with E-state index in [0.29, 0.717) is 13.1 Å². The van der Waals surface area contributed by atoms with Crippen molar-refractivity contribution in [3.05, 3.63) is 18.2 Å². The molecule has 3 aliphatic heterocycles. The molecule has 0 N–H and O–H groups in total. The summed E-state index contributed by atoms with van der Waals surface area (Å²) in [7, 11) is 3.25. The Morgan fingerprint density at radius 3 is 2.36 bits per heavy atom. The molecule has 0 aliphatic carbocycles. The Kier molecular flexibility index (Phi) is 3.94. The lowest BCUT2D eigenvalue weighted by molar-refractivity contribution is -0.129. The minimum atomic E-state index is -0.224. The van der Waals surface area contributed by atoms with E-state index in [4.69, 9.17) is 9.47 Å². The van der Waals surface area contributed by atoms with Crippen molar-refractivity contribution in [3.63, 3.8) is 0 Å². The van der Waals surface area contributed by atoms with Gasteiger partial charge in [0.05, 0.1) is 20.3 Å². The average Bonchev–Trinajstić information content (AvgIpc) is 3.34. The second kappa shape index (κ2) is 6.13. The molecule has 3 aliphatic rings. The largest absolute Gasteiger partial charge is 0.497 e. The Hall–Kier alpha value is -2.44. The van der Waals surface area contributed by atoms with Crippen LogP contribution in [0.5, 0.6) is 11.5 Å². The molecule has 3 saturated heterocycles. The van der Waals surface area contributed by atoms with E-state index in [2.05, 4.69) is 4.90 Å². The van der Waals surface area contributed by atoms with Crippen molar-refractivity contribution in [2.45, 2.75) is 31.3 Å². The zero-order valence-corrected chi connectivity index (χ0v) is 14.6. The third kappa shape index (κ3) is 2.58. The normalized spacial score (nSPS) is 25.8. The quantitative estimate of drug-likeness (QED) is 0.778. The number of carbonyl (C=O) groups excluding carboxylic acids is 2. The number of imide groups is 1. The number of benzene rings is 1. The lowest BCUT2D eigenvalue weighted by Crippen LogP contribution is -2.43. The Morgan fingerprint density at radius 1 is 1.00 bits per heavy atom. The summed E-state index contributed by atoms with van der Waals surface area (Å²) in [5.74, 6) is 1.44. The molecule has 0 aromatic heterocycles. The molecule has 2 atom stereocenters. The standard InChI is InChI=1S/C18H23N3O4/c1-24-14-8-13(9-15(10-14)25-2)19-7-5-12(11-19)21-17(22)16-4-3-6-20(16)18(21)23/h8-10,12,16H,3-7,11H2,1-2H3/t12?,16-/m1/s1. The molecule has 0 radical (unpaired) electrons. The van der Waals surface area contributed by atoms with Gasteiger partial charge in [0.1, 0.15) is 17.5 Å². The third-order valence-electron chi connectivity index (χ3n) is 5.46. The van der Waals surface area contributed by atoms with Crippen LogP contribution in [0, 0.1) is 0 Å². The van der Waals surface area contributed by atoms with E-state index in [1.54, 1.807) is 19.1 Å². The van der Waals surface area contributed by atoms with Crippen LogP contribution in [0.4, 0.5) is 10.5 Å². The molecule has 7 heteroatoms. The van der Waals surface area contributed by atoms with E-state index in [9.17, 15) is 9.59 Å². The van der Waals surface area contributed by atoms with E-state index in [1.807, 2.05) is 18.2 Å². The number of methoxy groups -OCH3 is 2. The van der Waals surface area contributed by atoms with Crippen LogP contribution in [0.3, 0.4) is 0 Å². The maximum absolute atomic E-state index is 12.6. The number of carbonyl (C=O) groups is 2. The van der Waals surface area contributed by atoms with Crippen molar-refractivity contribution in [1.82, 2.24) is 9.80 Å². The number of nitrogens with zero attached hydrogens (tertiary/aromatic N) is 3. The van der Waals surface area contributed by atoms with Crippen LogP contribution >= 0.6 is 0 Å². The lowest BCUT2D eigenvalue weighted by Gasteiger charge is -2.24. The highest BCUT2D eigenvalue weighted by Crippen LogP contribution is 2.34. The van der Waals surface area contributed by atoms with Gasteiger partial charge in [0, 0.05) is 43.5 Å². The van der Waals surface area contributed by atoms with Crippen LogP contribution in [0.1, 0.15) is 19.3 Å². The van der Waals surface area contributed by atoms with Gasteiger partial charge in [-0.15, -0.1) is 0 Å². The fourth-order valence-electron chi connectivity index (χ4n) is 4.14. The first kappa shape index (κ1) is 16.1. The molecular weight excluding hydrogens is 322 g/mol. The molecule has 0 saturated carbocycles. The highest BCUT2D eigenvalue weighted by atomic mass is 16.5. The molecule has 134 valence electrons. The highest BCUT2D eigenvalue weighted by molar-refractivity contribution is 6.05. The van der Waals surface area contributed by atoms with Crippen LogP contribution < -0.4 is 14.4 Å². The summed E-state index contributed by atoms with van der Waals surface area (Å²) in [6, 6.07) is 5.34. The number of amides is 3. The summed E-state index contributed by atoms with van der Waals surface area (Å²) in [5, 5.41) is 0. The summed E-state index contributed by atoms with van der Waals surface area (Å²) in [6.07, 6.45) is 2.51. The van der Waals surface area contributed by atoms with Crippen molar-refractivity contribution >= 4 is 17.6 Å². The molecule has 4 rings (SSSR count). The fraction of sp³-hybridized carbons (Fsp3) is 0.556. The Balaban J connectivity index is 1.52. The molecule has 7 nitrogen and oxygen atoms in total. The molecule has 0 spiro atoms. The number of urea groups is 1. The second-order valence-electron chi connectivity index (χ2n) is 6.80. The topological polar surface area (TPSA) is 62.3 Å². The highest BCUT2D eigenvalue weighted by Gasteiger charge is 2.50. The van der Waals surface area contributed by atoms with Crippen molar-refractivity contribution in [2.24, 2.45) is 0 Å². The van der Waals surface area contributed by atoms with E-state index >= 15 is 0 Å². The van der Waals surface area contributed by atoms with Gasteiger partial charge in [-0.25, -0.2) is 4.79 Å². The van der Waals surface area contributed by atoms with Crippen molar-refractivity contribution in [3.8, 4) is 11.5 Å². The Morgan fingerprint density at radius 2 is 1.72 bits per heavy atom. The van der Waals surface area contributed by atoms with E-state index in [1.165, 1.54) is 4.90 Å². The first-order chi connectivity index (χ1) is 12.1. The molecule has 3 amide bonds. The number of anilines is 1. The van der Waals surface area contributed by atoms with Gasteiger partial charge in [-0.1, -0.05) is 0 Å². The van der Waals surface area contributed by atoms with Gasteiger partial charge in [0.2, 0.25) is 0 Å². The van der Waals surface area contributed by atoms with Crippen LogP contribution in [0.2, 0.25) is 0 Å². The van der Waals surface area contributed by atoms with Gasteiger partial charge in [-0.3, -0.25) is 9.69 Å². The smallest absolute Gasteiger partial charge is 0.327 e. The number of hydrogen-bond donors (Lipinski definition) is 0. The summed E-state index contributed by atoms with van der Waals surface area (Å²) in [5.41, 5.74) is 0.985. The first-order valence-electron chi connectivity index (χ1n) is 8.74. The van der Waals surface area contributed by atoms with Crippen molar-refractivity contribution in [2.75, 3.05) is 38.8 Å². The Labute approximate surface area is 147 Å². The maximum atomic E-state index is 12.6. The summed E-state index contributed by atoms with van der Waals surface area (Å²) in [4.78, 5) is 30.7. The van der Waals surface area contributed by atoms with Crippen molar-refractivity contribution < 1.29 is 19.1 Å². The van der Waals surface area contributed by atoms with Gasteiger partial charge in [-0.05, 0) is 19.3 Å². The van der Waals surface area contributed by atoms with Gasteiger partial charge in [0.25, 0.3) is 5.91 Å². The zero-order chi connectivity index (χ0) is 17.6. The van der Waals surface area contributed by atoms with E-state index in [-0.39, 0.29) is 24.0 Å². The van der Waals surface area contributed by atoms with Gasteiger partial charge >= 0.3 is 6.03 Å². The molecule has 1 aromatic carbocycles. The number of fused-ring (bicyclic) bond motifs is 1. The second-order valence-corrected chi connectivity index (χ2v) is 6.80. The van der Waals surface area contributed by atoms with Crippen LogP contribution in [-0.4, -0.2) is 67.7 Å². The monoisotopic (exact) mass is 345 g/mol. The number of ether oxygens (including phenoxy) is 2. The molecule has 3 fully saturated rings. The van der Waals surface area contributed by atoms with Gasteiger partial charge < -0.3 is 19.3 Å². The van der Waals surface area contributed by atoms with Crippen LogP contribution in [0.15, 0.2) is 18.2 Å². The molecule has 25 heavy (non-hydrogen) atoms. The van der Waals surface area contributed by atoms with E-state index in [0.717, 1.165) is 43.0 Å². The van der Waals surface area contributed by atoms with Gasteiger partial charge in [-0.2, -0.15) is 0 Å². The first-order valence-corrected chi connectivity index (χ1v) is 8.74. The molecule has 0 bridgehead atoms. The van der Waals surface area contributed by atoms with Gasteiger partial charge in [0.15, 0.2) is 0 Å². The van der Waals surface area contributed by atoms with E-state index < -0.39 is 0 Å². The summed E-state index contributed by atoms with van der Waals surface area (Å²) < 4.78 is 10.7. The van der Waals surface area contributed by atoms with Crippen LogP contribution in [0.25, 0.3) is 0 Å². The lowest BCUT2D eigenvalue weighted by atomic mass is 10.2. The molecule has 1 aromatic rings. The molecule has 1 unspecified atom stereocenters. The number of rotatable bonds is 4. The zero-order valence-electron chi connectivity index (χ0n) is 14.6. The minimum absolute atomic E-state index is 0.0161.